The molecule has 0 spiro atoms. The second kappa shape index (κ2) is 6.82. The molecular formula is C13H15F2NO3. The smallest absolute Gasteiger partial charge is 0.326 e. The fourth-order valence-electron chi connectivity index (χ4n) is 1.65. The SMILES string of the molecule is CCC[C@@H](NC(=O)Cc1c(F)cccc1F)C(=O)O. The third-order valence-electron chi connectivity index (χ3n) is 2.61. The predicted octanol–water partition coefficient (Wildman–Crippen LogP) is 1.88. The molecular weight excluding hydrogens is 256 g/mol. The molecule has 0 aliphatic heterocycles. The van der Waals surface area contributed by atoms with Crippen LogP contribution in [0.4, 0.5) is 8.78 Å². The number of nitrogens with one attached hydrogen (secondary N) is 1. The number of carboxylic acids is 1. The molecule has 6 heteroatoms. The van der Waals surface area contributed by atoms with Gasteiger partial charge in [0.05, 0.1) is 6.42 Å². The molecule has 0 radical (unpaired) electrons. The van der Waals surface area contributed by atoms with Crippen LogP contribution < -0.4 is 5.32 Å². The molecule has 1 rings (SSSR count). The lowest BCUT2D eigenvalue weighted by molar-refractivity contribution is -0.141. The summed E-state index contributed by atoms with van der Waals surface area (Å²) in [6.45, 7) is 1.78. The second-order valence-corrected chi connectivity index (χ2v) is 4.12. The summed E-state index contributed by atoms with van der Waals surface area (Å²) in [7, 11) is 0. The zero-order valence-electron chi connectivity index (χ0n) is 10.5. The van der Waals surface area contributed by atoms with Crippen LogP contribution in [0.3, 0.4) is 0 Å². The van der Waals surface area contributed by atoms with Crippen molar-refractivity contribution in [1.82, 2.24) is 5.32 Å². The van der Waals surface area contributed by atoms with Crippen LogP contribution in [0.25, 0.3) is 0 Å². The fraction of sp³-hybridized carbons (Fsp3) is 0.385. The van der Waals surface area contributed by atoms with Crippen LogP contribution in [-0.2, 0) is 16.0 Å². The molecule has 0 aromatic heterocycles. The topological polar surface area (TPSA) is 66.4 Å². The van der Waals surface area contributed by atoms with E-state index in [9.17, 15) is 18.4 Å². The van der Waals surface area contributed by atoms with E-state index in [4.69, 9.17) is 5.11 Å². The number of hydrogen-bond donors (Lipinski definition) is 2. The number of amides is 1. The number of benzene rings is 1. The van der Waals surface area contributed by atoms with Gasteiger partial charge < -0.3 is 10.4 Å². The van der Waals surface area contributed by atoms with E-state index in [2.05, 4.69) is 5.32 Å². The maximum absolute atomic E-state index is 13.3. The van der Waals surface area contributed by atoms with Gasteiger partial charge >= 0.3 is 5.97 Å². The van der Waals surface area contributed by atoms with Gasteiger partial charge in [-0.05, 0) is 18.6 Å². The first-order chi connectivity index (χ1) is 8.95. The summed E-state index contributed by atoms with van der Waals surface area (Å²) in [5, 5.41) is 11.1. The van der Waals surface area contributed by atoms with Crippen LogP contribution in [0.15, 0.2) is 18.2 Å². The minimum atomic E-state index is -1.16. The third-order valence-corrected chi connectivity index (χ3v) is 2.61. The van der Waals surface area contributed by atoms with Gasteiger partial charge in [0.1, 0.15) is 17.7 Å². The monoisotopic (exact) mass is 271 g/mol. The molecule has 1 aromatic rings. The van der Waals surface area contributed by atoms with Crippen molar-refractivity contribution in [3.05, 3.63) is 35.4 Å². The molecule has 0 aliphatic rings. The second-order valence-electron chi connectivity index (χ2n) is 4.12. The van der Waals surface area contributed by atoms with Gasteiger partial charge in [0.15, 0.2) is 0 Å². The first-order valence-corrected chi connectivity index (χ1v) is 5.90. The van der Waals surface area contributed by atoms with Gasteiger partial charge in [-0.15, -0.1) is 0 Å². The van der Waals surface area contributed by atoms with Crippen molar-refractivity contribution in [2.75, 3.05) is 0 Å². The average Bonchev–Trinajstić information content (AvgIpc) is 2.33. The van der Waals surface area contributed by atoms with Crippen LogP contribution in [-0.4, -0.2) is 23.0 Å². The Kier molecular flexibility index (Phi) is 5.41. The maximum atomic E-state index is 13.3. The Morgan fingerprint density at radius 1 is 1.32 bits per heavy atom. The van der Waals surface area contributed by atoms with Crippen LogP contribution in [0.1, 0.15) is 25.3 Å². The van der Waals surface area contributed by atoms with Gasteiger partial charge in [-0.3, -0.25) is 4.79 Å². The van der Waals surface area contributed by atoms with Crippen molar-refractivity contribution >= 4 is 11.9 Å². The summed E-state index contributed by atoms with van der Waals surface area (Å²) in [6, 6.07) is 2.26. The van der Waals surface area contributed by atoms with Crippen molar-refractivity contribution in [2.45, 2.75) is 32.2 Å². The summed E-state index contributed by atoms with van der Waals surface area (Å²) in [5.74, 6) is -3.52. The number of carboxylic acid groups (broad SMARTS) is 1. The molecule has 0 heterocycles. The number of rotatable bonds is 6. The van der Waals surface area contributed by atoms with E-state index in [1.54, 1.807) is 6.92 Å². The van der Waals surface area contributed by atoms with E-state index in [1.165, 1.54) is 6.07 Å². The number of aliphatic carboxylic acids is 1. The fourth-order valence-corrected chi connectivity index (χ4v) is 1.65. The van der Waals surface area contributed by atoms with Gasteiger partial charge in [0.25, 0.3) is 0 Å². The summed E-state index contributed by atoms with van der Waals surface area (Å²) in [6.07, 6.45) is 0.318. The van der Waals surface area contributed by atoms with Crippen LogP contribution >= 0.6 is 0 Å². The molecule has 19 heavy (non-hydrogen) atoms. The third kappa shape index (κ3) is 4.31. The Morgan fingerprint density at radius 2 is 1.89 bits per heavy atom. The summed E-state index contributed by atoms with van der Waals surface area (Å²) < 4.78 is 26.6. The van der Waals surface area contributed by atoms with Crippen molar-refractivity contribution in [3.63, 3.8) is 0 Å². The molecule has 0 bridgehead atoms. The van der Waals surface area contributed by atoms with E-state index >= 15 is 0 Å². The highest BCUT2D eigenvalue weighted by Gasteiger charge is 2.20. The van der Waals surface area contributed by atoms with Gasteiger partial charge in [0, 0.05) is 5.56 Å². The van der Waals surface area contributed by atoms with Gasteiger partial charge in [-0.1, -0.05) is 19.4 Å². The molecule has 1 aromatic carbocycles. The minimum absolute atomic E-state index is 0.265. The molecule has 0 saturated carbocycles. The number of carbonyl (C=O) groups excluding carboxylic acids is 1. The lowest BCUT2D eigenvalue weighted by Crippen LogP contribution is -2.41. The zero-order chi connectivity index (χ0) is 14.4. The van der Waals surface area contributed by atoms with Gasteiger partial charge in [0.2, 0.25) is 5.91 Å². The minimum Gasteiger partial charge on any atom is -0.480 e. The Morgan fingerprint density at radius 3 is 2.37 bits per heavy atom. The number of halogens is 2. The lowest BCUT2D eigenvalue weighted by atomic mass is 10.1. The van der Waals surface area contributed by atoms with Crippen LogP contribution in [0.2, 0.25) is 0 Å². The normalized spacial score (nSPS) is 11.9. The number of carbonyl (C=O) groups is 2. The molecule has 1 atom stereocenters. The summed E-state index contributed by atoms with van der Waals surface area (Å²) >= 11 is 0. The van der Waals surface area contributed by atoms with E-state index < -0.39 is 36.0 Å². The van der Waals surface area contributed by atoms with Crippen LogP contribution in [0, 0.1) is 11.6 Å². The molecule has 0 aliphatic carbocycles. The quantitative estimate of drug-likeness (QED) is 0.830. The summed E-state index contributed by atoms with van der Waals surface area (Å²) in [5.41, 5.74) is -0.361. The largest absolute Gasteiger partial charge is 0.480 e. The molecule has 1 amide bonds. The standard InChI is InChI=1S/C13H15F2NO3/c1-2-4-11(13(18)19)16-12(17)7-8-9(14)5-3-6-10(8)15/h3,5-6,11H,2,4,7H2,1H3,(H,16,17)(H,18,19)/t11-/m1/s1. The maximum Gasteiger partial charge on any atom is 0.326 e. The van der Waals surface area contributed by atoms with E-state index in [1.807, 2.05) is 0 Å². The molecule has 0 unspecified atom stereocenters. The van der Waals surface area contributed by atoms with Crippen molar-refractivity contribution in [1.29, 1.82) is 0 Å². The first-order valence-electron chi connectivity index (χ1n) is 5.90. The Hall–Kier alpha value is -1.98. The van der Waals surface area contributed by atoms with Crippen molar-refractivity contribution in [3.8, 4) is 0 Å². The molecule has 0 saturated heterocycles. The lowest BCUT2D eigenvalue weighted by Gasteiger charge is -2.13. The highest BCUT2D eigenvalue weighted by atomic mass is 19.1. The van der Waals surface area contributed by atoms with E-state index in [0.717, 1.165) is 12.1 Å². The molecule has 4 nitrogen and oxygen atoms in total. The molecule has 104 valence electrons. The summed E-state index contributed by atoms with van der Waals surface area (Å²) in [4.78, 5) is 22.4. The first kappa shape index (κ1) is 15.1. The Labute approximate surface area is 109 Å². The van der Waals surface area contributed by atoms with E-state index in [-0.39, 0.29) is 12.0 Å². The zero-order valence-corrected chi connectivity index (χ0v) is 10.5. The van der Waals surface area contributed by atoms with Gasteiger partial charge in [-0.2, -0.15) is 0 Å². The average molecular weight is 271 g/mol. The number of hydrogen-bond acceptors (Lipinski definition) is 2. The predicted molar refractivity (Wildman–Crippen MR) is 64.5 cm³/mol. The van der Waals surface area contributed by atoms with Crippen molar-refractivity contribution < 1.29 is 23.5 Å². The molecule has 2 N–H and O–H groups in total. The Balaban J connectivity index is 2.72. The highest BCUT2D eigenvalue weighted by Crippen LogP contribution is 2.12. The highest BCUT2D eigenvalue weighted by molar-refractivity contribution is 5.84. The molecule has 0 fully saturated rings. The van der Waals surface area contributed by atoms with E-state index in [0.29, 0.717) is 6.42 Å². The van der Waals surface area contributed by atoms with Gasteiger partial charge in [-0.25, -0.2) is 13.6 Å². The van der Waals surface area contributed by atoms with Crippen LogP contribution in [0.5, 0.6) is 0 Å². The van der Waals surface area contributed by atoms with Crippen molar-refractivity contribution in [2.24, 2.45) is 0 Å². The Bertz CT molecular complexity index is 457.